The van der Waals surface area contributed by atoms with E-state index in [4.69, 9.17) is 9.47 Å². The highest BCUT2D eigenvalue weighted by Gasteiger charge is 2.27. The van der Waals surface area contributed by atoms with Crippen molar-refractivity contribution in [2.24, 2.45) is 0 Å². The number of hydrogen-bond acceptors (Lipinski definition) is 4. The summed E-state index contributed by atoms with van der Waals surface area (Å²) in [5.74, 6) is 0.482. The number of nitrogens with zero attached hydrogens (tertiary/aromatic N) is 1. The van der Waals surface area contributed by atoms with Crippen molar-refractivity contribution in [2.45, 2.75) is 33.2 Å². The SMILES string of the molecule is CCOC(=O)c1cc(CC(C)=O)c2n1CCc1cc(OC)c(Br)cc1-2. The molecule has 1 aliphatic heterocycles. The van der Waals surface area contributed by atoms with Crippen LogP contribution in [0, 0.1) is 0 Å². The third-order valence-electron chi connectivity index (χ3n) is 4.34. The van der Waals surface area contributed by atoms with Crippen LogP contribution in [0.1, 0.15) is 35.5 Å². The quantitative estimate of drug-likeness (QED) is 0.709. The number of esters is 1. The lowest BCUT2D eigenvalue weighted by molar-refractivity contribution is -0.116. The summed E-state index contributed by atoms with van der Waals surface area (Å²) in [7, 11) is 1.64. The van der Waals surface area contributed by atoms with Gasteiger partial charge < -0.3 is 14.0 Å². The van der Waals surface area contributed by atoms with E-state index in [9.17, 15) is 9.59 Å². The molecule has 2 heterocycles. The van der Waals surface area contributed by atoms with Crippen molar-refractivity contribution in [3.63, 3.8) is 0 Å². The van der Waals surface area contributed by atoms with Gasteiger partial charge in [0, 0.05) is 18.5 Å². The average Bonchev–Trinajstić information content (AvgIpc) is 2.93. The molecule has 1 aromatic carbocycles. The summed E-state index contributed by atoms with van der Waals surface area (Å²) in [6, 6.07) is 5.80. The first-order valence-electron chi connectivity index (χ1n) is 8.22. The number of Topliss-reactive ketones (excluding diaryl/α,β-unsaturated/α-hetero) is 1. The molecule has 0 fully saturated rings. The summed E-state index contributed by atoms with van der Waals surface area (Å²) in [6.45, 7) is 4.33. The predicted octanol–water partition coefficient (Wildman–Crippen LogP) is 3.79. The fraction of sp³-hybridized carbons (Fsp3) is 0.368. The van der Waals surface area contributed by atoms with Gasteiger partial charge in [-0.1, -0.05) is 0 Å². The van der Waals surface area contributed by atoms with Crippen molar-refractivity contribution in [3.05, 3.63) is 39.5 Å². The van der Waals surface area contributed by atoms with Gasteiger partial charge in [-0.3, -0.25) is 4.79 Å². The maximum Gasteiger partial charge on any atom is 0.354 e. The van der Waals surface area contributed by atoms with Gasteiger partial charge in [0.2, 0.25) is 0 Å². The molecule has 0 bridgehead atoms. The second-order valence-corrected chi connectivity index (χ2v) is 6.90. The molecule has 5 nitrogen and oxygen atoms in total. The Morgan fingerprint density at radius 1 is 1.28 bits per heavy atom. The van der Waals surface area contributed by atoms with Crippen LogP contribution in [0.5, 0.6) is 5.75 Å². The minimum absolute atomic E-state index is 0.0588. The zero-order valence-corrected chi connectivity index (χ0v) is 16.1. The molecule has 0 amide bonds. The fourth-order valence-electron chi connectivity index (χ4n) is 3.34. The van der Waals surface area contributed by atoms with Crippen molar-refractivity contribution in [1.29, 1.82) is 0 Å². The largest absolute Gasteiger partial charge is 0.496 e. The lowest BCUT2D eigenvalue weighted by atomic mass is 9.95. The summed E-state index contributed by atoms with van der Waals surface area (Å²) >= 11 is 3.53. The number of fused-ring (bicyclic) bond motifs is 3. The summed E-state index contributed by atoms with van der Waals surface area (Å²) in [6.07, 6.45) is 1.07. The first kappa shape index (κ1) is 17.7. The standard InChI is InChI=1S/C19H20BrNO4/c1-4-25-19(23)16-8-13(7-11(2)22)18-14-10-15(20)17(24-3)9-12(14)5-6-21(16)18/h8-10H,4-7H2,1-3H3. The second-order valence-electron chi connectivity index (χ2n) is 6.05. The van der Waals surface area contributed by atoms with Gasteiger partial charge in [0.1, 0.15) is 17.2 Å². The van der Waals surface area contributed by atoms with Crippen LogP contribution in [0.25, 0.3) is 11.3 Å². The lowest BCUT2D eigenvalue weighted by Gasteiger charge is -2.23. The van der Waals surface area contributed by atoms with Crippen LogP contribution in [-0.4, -0.2) is 30.0 Å². The third kappa shape index (κ3) is 3.23. The minimum atomic E-state index is -0.352. The maximum atomic E-state index is 12.3. The normalized spacial score (nSPS) is 12.3. The van der Waals surface area contributed by atoms with Gasteiger partial charge in [-0.15, -0.1) is 0 Å². The number of aryl methyl sites for hydroxylation is 1. The molecular formula is C19H20BrNO4. The van der Waals surface area contributed by atoms with E-state index in [1.54, 1.807) is 27.0 Å². The van der Waals surface area contributed by atoms with Crippen molar-refractivity contribution < 1.29 is 19.1 Å². The van der Waals surface area contributed by atoms with E-state index in [-0.39, 0.29) is 18.2 Å². The van der Waals surface area contributed by atoms with Gasteiger partial charge in [0.15, 0.2) is 0 Å². The van der Waals surface area contributed by atoms with E-state index in [0.29, 0.717) is 18.8 Å². The van der Waals surface area contributed by atoms with Crippen molar-refractivity contribution in [3.8, 4) is 17.0 Å². The van der Waals surface area contributed by atoms with Gasteiger partial charge in [0.05, 0.1) is 23.9 Å². The van der Waals surface area contributed by atoms with E-state index in [1.807, 2.05) is 16.7 Å². The molecule has 132 valence electrons. The van der Waals surface area contributed by atoms with Crippen LogP contribution < -0.4 is 4.74 Å². The van der Waals surface area contributed by atoms with Gasteiger partial charge in [-0.25, -0.2) is 4.79 Å². The van der Waals surface area contributed by atoms with E-state index >= 15 is 0 Å². The molecule has 6 heteroatoms. The number of ether oxygens (including phenoxy) is 2. The number of ketones is 1. The number of hydrogen-bond donors (Lipinski definition) is 0. The molecule has 0 atom stereocenters. The van der Waals surface area contributed by atoms with Crippen LogP contribution in [0.4, 0.5) is 0 Å². The minimum Gasteiger partial charge on any atom is -0.496 e. The Kier molecular flexibility index (Phi) is 4.99. The Morgan fingerprint density at radius 3 is 2.68 bits per heavy atom. The number of carbonyl (C=O) groups is 2. The van der Waals surface area contributed by atoms with Crippen molar-refractivity contribution in [1.82, 2.24) is 4.57 Å². The number of aromatic nitrogens is 1. The number of methoxy groups -OCH3 is 1. The topological polar surface area (TPSA) is 57.5 Å². The average molecular weight is 406 g/mol. The van der Waals surface area contributed by atoms with Gasteiger partial charge in [-0.2, -0.15) is 0 Å². The fourth-order valence-corrected chi connectivity index (χ4v) is 3.85. The van der Waals surface area contributed by atoms with Crippen molar-refractivity contribution >= 4 is 27.7 Å². The maximum absolute atomic E-state index is 12.3. The van der Waals surface area contributed by atoms with Crippen LogP contribution >= 0.6 is 15.9 Å². The third-order valence-corrected chi connectivity index (χ3v) is 4.96. The number of carbonyl (C=O) groups excluding carboxylic acids is 2. The Morgan fingerprint density at radius 2 is 2.04 bits per heavy atom. The molecule has 0 N–H and O–H groups in total. The Bertz CT molecular complexity index is 854. The molecule has 3 rings (SSSR count). The van der Waals surface area contributed by atoms with E-state index < -0.39 is 0 Å². The summed E-state index contributed by atoms with van der Waals surface area (Å²) < 4.78 is 13.4. The van der Waals surface area contributed by atoms with E-state index in [1.165, 1.54) is 0 Å². The summed E-state index contributed by atoms with van der Waals surface area (Å²) in [5, 5.41) is 0. The monoisotopic (exact) mass is 405 g/mol. The van der Waals surface area contributed by atoms with Crippen molar-refractivity contribution in [2.75, 3.05) is 13.7 Å². The Balaban J connectivity index is 2.20. The summed E-state index contributed by atoms with van der Waals surface area (Å²) in [5.41, 5.74) is 4.44. The molecule has 0 aliphatic carbocycles. The molecule has 0 saturated heterocycles. The summed E-state index contributed by atoms with van der Waals surface area (Å²) in [4.78, 5) is 24.1. The van der Waals surface area contributed by atoms with Crippen LogP contribution in [0.3, 0.4) is 0 Å². The molecule has 0 unspecified atom stereocenters. The molecule has 1 aliphatic rings. The highest BCUT2D eigenvalue weighted by molar-refractivity contribution is 9.10. The molecule has 25 heavy (non-hydrogen) atoms. The predicted molar refractivity (Wildman–Crippen MR) is 98.2 cm³/mol. The van der Waals surface area contributed by atoms with Gasteiger partial charge in [0.25, 0.3) is 0 Å². The highest BCUT2D eigenvalue weighted by Crippen LogP contribution is 2.40. The van der Waals surface area contributed by atoms with Gasteiger partial charge in [-0.05, 0) is 65.5 Å². The molecule has 0 saturated carbocycles. The van der Waals surface area contributed by atoms with Gasteiger partial charge >= 0.3 is 5.97 Å². The molecule has 1 aromatic heterocycles. The lowest BCUT2D eigenvalue weighted by Crippen LogP contribution is -2.18. The first-order chi connectivity index (χ1) is 12.0. The zero-order chi connectivity index (χ0) is 18.1. The number of halogens is 1. The zero-order valence-electron chi connectivity index (χ0n) is 14.5. The van der Waals surface area contributed by atoms with Crippen LogP contribution in [0.2, 0.25) is 0 Å². The van der Waals surface area contributed by atoms with Crippen LogP contribution in [-0.2, 0) is 28.9 Å². The molecule has 0 spiro atoms. The molecule has 2 aromatic rings. The Labute approximate surface area is 155 Å². The van der Waals surface area contributed by atoms with E-state index in [2.05, 4.69) is 15.9 Å². The van der Waals surface area contributed by atoms with E-state index in [0.717, 1.165) is 39.0 Å². The Hall–Kier alpha value is -2.08. The number of rotatable bonds is 5. The molecule has 0 radical (unpaired) electrons. The van der Waals surface area contributed by atoms with Crippen LogP contribution in [0.15, 0.2) is 22.7 Å². The second kappa shape index (κ2) is 7.04. The number of benzene rings is 1. The first-order valence-corrected chi connectivity index (χ1v) is 9.01. The smallest absolute Gasteiger partial charge is 0.354 e. The highest BCUT2D eigenvalue weighted by atomic mass is 79.9. The molecular weight excluding hydrogens is 386 g/mol.